The molecule has 0 saturated carbocycles. The van der Waals surface area contributed by atoms with E-state index in [0.29, 0.717) is 12.8 Å². The Morgan fingerprint density at radius 2 is 1.23 bits per heavy atom. The lowest BCUT2D eigenvalue weighted by atomic mass is 9.83. The lowest BCUT2D eigenvalue weighted by Crippen LogP contribution is -2.28. The predicted octanol–water partition coefficient (Wildman–Crippen LogP) is 0.881. The molecular formula is C9H16O4. The van der Waals surface area contributed by atoms with E-state index in [0.717, 1.165) is 12.5 Å². The average molecular weight is 188 g/mol. The van der Waals surface area contributed by atoms with E-state index in [-0.39, 0.29) is 13.2 Å². The second kappa shape index (κ2) is 6.51. The van der Waals surface area contributed by atoms with Gasteiger partial charge >= 0.3 is 0 Å². The summed E-state index contributed by atoms with van der Waals surface area (Å²) in [5.41, 5.74) is -0.696. The van der Waals surface area contributed by atoms with Crippen LogP contribution in [0, 0.1) is 5.41 Å². The molecule has 13 heavy (non-hydrogen) atoms. The Balaban J connectivity index is 4.29. The third kappa shape index (κ3) is 3.96. The summed E-state index contributed by atoms with van der Waals surface area (Å²) >= 11 is 0. The van der Waals surface area contributed by atoms with Gasteiger partial charge in [-0.15, -0.1) is 0 Å². The Bertz CT molecular complexity index is 154. The van der Waals surface area contributed by atoms with Gasteiger partial charge in [-0.2, -0.15) is 0 Å². The second-order valence-corrected chi connectivity index (χ2v) is 2.99. The predicted molar refractivity (Wildman–Crippen MR) is 49.4 cm³/mol. The monoisotopic (exact) mass is 188 g/mol. The topological polar surface area (TPSA) is 80.9 Å². The Hall–Kier alpha value is -1.00. The zero-order valence-electron chi connectivity index (χ0n) is 7.43. The van der Waals surface area contributed by atoms with Gasteiger partial charge in [-0.25, -0.2) is 0 Å². The van der Waals surface area contributed by atoms with Gasteiger partial charge in [0.05, 0.1) is 25.7 Å². The highest BCUT2D eigenvalue weighted by atomic mass is 16.3. The van der Waals surface area contributed by atoms with Gasteiger partial charge in [0, 0.05) is 5.41 Å². The molecule has 0 fully saturated rings. The maximum atomic E-state index is 9.04. The number of allylic oxidation sites excluding steroid dienone is 2. The zero-order chi connectivity index (χ0) is 10.2. The van der Waals surface area contributed by atoms with E-state index in [1.54, 1.807) is 0 Å². The first-order chi connectivity index (χ1) is 6.24. The van der Waals surface area contributed by atoms with Crippen LogP contribution in [0.2, 0.25) is 0 Å². The van der Waals surface area contributed by atoms with Gasteiger partial charge in [0.2, 0.25) is 0 Å². The van der Waals surface area contributed by atoms with Crippen molar-refractivity contribution in [2.75, 3.05) is 13.2 Å². The van der Waals surface area contributed by atoms with Crippen molar-refractivity contribution in [3.63, 3.8) is 0 Å². The van der Waals surface area contributed by atoms with Gasteiger partial charge in [-0.05, 0) is 25.0 Å². The molecule has 0 aromatic heterocycles. The summed E-state index contributed by atoms with van der Waals surface area (Å²) in [6.07, 6.45) is 5.39. The summed E-state index contributed by atoms with van der Waals surface area (Å²) < 4.78 is 0. The molecule has 0 aliphatic carbocycles. The highest BCUT2D eigenvalue weighted by Gasteiger charge is 2.25. The van der Waals surface area contributed by atoms with Gasteiger partial charge < -0.3 is 20.4 Å². The van der Waals surface area contributed by atoms with Crippen molar-refractivity contribution in [3.05, 3.63) is 24.7 Å². The van der Waals surface area contributed by atoms with Crippen molar-refractivity contribution in [2.24, 2.45) is 5.41 Å². The molecule has 0 aliphatic heterocycles. The Kier molecular flexibility index (Phi) is 6.01. The fourth-order valence-electron chi connectivity index (χ4n) is 0.997. The maximum absolute atomic E-state index is 9.04. The first-order valence-corrected chi connectivity index (χ1v) is 4.05. The number of rotatable bonds is 6. The molecule has 0 aromatic rings. The van der Waals surface area contributed by atoms with E-state index >= 15 is 0 Å². The molecule has 0 bridgehead atoms. The van der Waals surface area contributed by atoms with Crippen LogP contribution in [0.1, 0.15) is 12.8 Å². The first-order valence-electron chi connectivity index (χ1n) is 4.05. The van der Waals surface area contributed by atoms with Gasteiger partial charge in [0.1, 0.15) is 0 Å². The van der Waals surface area contributed by atoms with Crippen molar-refractivity contribution in [3.8, 4) is 0 Å². The number of aliphatic hydroxyl groups is 4. The molecule has 0 saturated heterocycles. The number of aliphatic hydroxyl groups excluding tert-OH is 4. The van der Waals surface area contributed by atoms with Gasteiger partial charge in [-0.1, -0.05) is 0 Å². The van der Waals surface area contributed by atoms with Crippen molar-refractivity contribution in [1.29, 1.82) is 0 Å². The summed E-state index contributed by atoms with van der Waals surface area (Å²) in [6.45, 7) is -0.393. The summed E-state index contributed by atoms with van der Waals surface area (Å²) in [6, 6.07) is 0. The molecule has 4 nitrogen and oxygen atoms in total. The molecule has 0 aromatic carbocycles. The van der Waals surface area contributed by atoms with E-state index in [4.69, 9.17) is 20.4 Å². The molecule has 0 unspecified atom stereocenters. The molecule has 0 spiro atoms. The van der Waals surface area contributed by atoms with E-state index in [1.807, 2.05) is 0 Å². The molecule has 0 aliphatic rings. The van der Waals surface area contributed by atoms with Crippen LogP contribution >= 0.6 is 0 Å². The minimum atomic E-state index is -0.696. The molecular weight excluding hydrogens is 172 g/mol. The molecule has 4 N–H and O–H groups in total. The summed E-state index contributed by atoms with van der Waals surface area (Å²) in [5.74, 6) is 0. The van der Waals surface area contributed by atoms with Crippen molar-refractivity contribution < 1.29 is 20.4 Å². The first kappa shape index (κ1) is 12.0. The minimum absolute atomic E-state index is 0.196. The maximum Gasteiger partial charge on any atom is 0.0752 e. The van der Waals surface area contributed by atoms with Crippen LogP contribution < -0.4 is 0 Å². The quantitative estimate of drug-likeness (QED) is 0.466. The smallest absolute Gasteiger partial charge is 0.0752 e. The van der Waals surface area contributed by atoms with Gasteiger partial charge in [0.25, 0.3) is 0 Å². The van der Waals surface area contributed by atoms with E-state index < -0.39 is 5.41 Å². The van der Waals surface area contributed by atoms with Crippen LogP contribution in [0.25, 0.3) is 0 Å². The lowest BCUT2D eigenvalue weighted by molar-refractivity contribution is 0.0586. The van der Waals surface area contributed by atoms with Crippen LogP contribution in [0.4, 0.5) is 0 Å². The molecule has 4 heteroatoms. The standard InChI is InChI=1S/C9H16O4/c10-5-1-3-9(7-12,8-13)4-2-6-11/h1-2,5-6,10-13H,3-4,7-8H2. The molecule has 0 heterocycles. The largest absolute Gasteiger partial charge is 0.516 e. The highest BCUT2D eigenvalue weighted by Crippen LogP contribution is 2.26. The molecule has 76 valence electrons. The number of hydrogen-bond donors (Lipinski definition) is 4. The Labute approximate surface area is 77.5 Å². The summed E-state index contributed by atoms with van der Waals surface area (Å²) in [5, 5.41) is 34.9. The van der Waals surface area contributed by atoms with E-state index in [2.05, 4.69) is 0 Å². The summed E-state index contributed by atoms with van der Waals surface area (Å²) in [4.78, 5) is 0. The van der Waals surface area contributed by atoms with Crippen molar-refractivity contribution >= 4 is 0 Å². The average Bonchev–Trinajstić information content (AvgIpc) is 2.20. The Morgan fingerprint density at radius 3 is 1.46 bits per heavy atom. The van der Waals surface area contributed by atoms with Crippen molar-refractivity contribution in [2.45, 2.75) is 12.8 Å². The lowest BCUT2D eigenvalue weighted by Gasteiger charge is -2.26. The van der Waals surface area contributed by atoms with Gasteiger partial charge in [0.15, 0.2) is 0 Å². The fourth-order valence-corrected chi connectivity index (χ4v) is 0.997. The molecule has 0 amide bonds. The minimum Gasteiger partial charge on any atom is -0.516 e. The van der Waals surface area contributed by atoms with Crippen LogP contribution in [0.5, 0.6) is 0 Å². The normalized spacial score (nSPS) is 13.1. The molecule has 0 rings (SSSR count). The van der Waals surface area contributed by atoms with Crippen molar-refractivity contribution in [1.82, 2.24) is 0 Å². The van der Waals surface area contributed by atoms with Crippen LogP contribution in [-0.4, -0.2) is 33.6 Å². The second-order valence-electron chi connectivity index (χ2n) is 2.99. The number of hydrogen-bond acceptors (Lipinski definition) is 4. The SMILES string of the molecule is OC=CCC(CO)(CO)CC=CO. The molecule has 0 atom stereocenters. The third-order valence-electron chi connectivity index (χ3n) is 1.98. The van der Waals surface area contributed by atoms with Crippen LogP contribution in [0.3, 0.4) is 0 Å². The third-order valence-corrected chi connectivity index (χ3v) is 1.98. The van der Waals surface area contributed by atoms with Crippen LogP contribution in [0.15, 0.2) is 24.7 Å². The Morgan fingerprint density at radius 1 is 0.846 bits per heavy atom. The van der Waals surface area contributed by atoms with E-state index in [9.17, 15) is 0 Å². The highest BCUT2D eigenvalue weighted by molar-refractivity contribution is 4.92. The zero-order valence-corrected chi connectivity index (χ0v) is 7.43. The van der Waals surface area contributed by atoms with Crippen LogP contribution in [-0.2, 0) is 0 Å². The summed E-state index contributed by atoms with van der Waals surface area (Å²) in [7, 11) is 0. The molecule has 0 radical (unpaired) electrons. The van der Waals surface area contributed by atoms with Gasteiger partial charge in [-0.3, -0.25) is 0 Å². The van der Waals surface area contributed by atoms with E-state index in [1.165, 1.54) is 12.2 Å². The fraction of sp³-hybridized carbons (Fsp3) is 0.556.